The van der Waals surface area contributed by atoms with E-state index < -0.39 is 5.41 Å². The molecule has 1 amide bonds. The van der Waals surface area contributed by atoms with Gasteiger partial charge in [0.1, 0.15) is 17.9 Å². The van der Waals surface area contributed by atoms with Gasteiger partial charge in [-0.25, -0.2) is 4.39 Å². The lowest BCUT2D eigenvalue weighted by molar-refractivity contribution is 0.0942. The minimum absolute atomic E-state index is 0.277. The number of hydrogen-bond donors (Lipinski definition) is 1. The van der Waals surface area contributed by atoms with Crippen molar-refractivity contribution < 1.29 is 13.9 Å². The molecule has 1 aromatic heterocycles. The third-order valence-electron chi connectivity index (χ3n) is 4.41. The van der Waals surface area contributed by atoms with Crippen LogP contribution in [0.1, 0.15) is 29.8 Å². The molecule has 0 radical (unpaired) electrons. The monoisotopic (exact) mass is 403 g/mol. The van der Waals surface area contributed by atoms with Gasteiger partial charge in [0.25, 0.3) is 5.91 Å². The van der Waals surface area contributed by atoms with E-state index in [0.29, 0.717) is 23.0 Å². The van der Waals surface area contributed by atoms with E-state index in [1.807, 2.05) is 19.9 Å². The first kappa shape index (κ1) is 19.8. The van der Waals surface area contributed by atoms with Crippen LogP contribution in [0.2, 0.25) is 5.02 Å². The average molecular weight is 404 g/mol. The molecule has 2 aromatic carbocycles. The number of methoxy groups -OCH3 is 1. The first-order valence-electron chi connectivity index (χ1n) is 8.47. The zero-order valence-electron chi connectivity index (χ0n) is 15.6. The van der Waals surface area contributed by atoms with Crippen LogP contribution in [0.4, 0.5) is 4.39 Å². The summed E-state index contributed by atoms with van der Waals surface area (Å²) in [5.74, 6) is -0.342. The lowest BCUT2D eigenvalue weighted by Crippen LogP contribution is -2.36. The van der Waals surface area contributed by atoms with Crippen LogP contribution in [0.5, 0.6) is 5.75 Å². The molecule has 0 aliphatic heterocycles. The standard InChI is InChI=1S/C19H19ClFN5O2/c1-19(2,12-5-4-6-13(21)7-12)10-22-18(27)14-8-15(20)16(9-17(14)28-3)26-11-23-24-25-26/h4-9,11H,10H2,1-3H3,(H,22,27). The van der Waals surface area contributed by atoms with Gasteiger partial charge in [-0.3, -0.25) is 4.79 Å². The molecule has 0 spiro atoms. The second-order valence-electron chi connectivity index (χ2n) is 6.84. The van der Waals surface area contributed by atoms with Crippen molar-refractivity contribution >= 4 is 17.5 Å². The Balaban J connectivity index is 1.81. The van der Waals surface area contributed by atoms with Crippen LogP contribution in [0.25, 0.3) is 5.69 Å². The highest BCUT2D eigenvalue weighted by atomic mass is 35.5. The highest BCUT2D eigenvalue weighted by molar-refractivity contribution is 6.33. The third kappa shape index (κ3) is 4.12. The van der Waals surface area contributed by atoms with Crippen molar-refractivity contribution in [1.29, 1.82) is 0 Å². The molecular formula is C19H19ClFN5O2. The Hall–Kier alpha value is -3.00. The molecule has 1 N–H and O–H groups in total. The molecule has 28 heavy (non-hydrogen) atoms. The first-order chi connectivity index (χ1) is 13.3. The number of nitrogens with one attached hydrogen (secondary N) is 1. The van der Waals surface area contributed by atoms with Crippen LogP contribution in [0, 0.1) is 5.82 Å². The minimum Gasteiger partial charge on any atom is -0.496 e. The van der Waals surface area contributed by atoms with E-state index in [0.717, 1.165) is 5.56 Å². The summed E-state index contributed by atoms with van der Waals surface area (Å²) >= 11 is 6.30. The van der Waals surface area contributed by atoms with Gasteiger partial charge in [-0.1, -0.05) is 37.6 Å². The van der Waals surface area contributed by atoms with E-state index in [2.05, 4.69) is 20.8 Å². The molecule has 0 unspecified atom stereocenters. The summed E-state index contributed by atoms with van der Waals surface area (Å²) in [4.78, 5) is 12.7. The van der Waals surface area contributed by atoms with Gasteiger partial charge in [-0.05, 0) is 34.2 Å². The molecule has 1 heterocycles. The topological polar surface area (TPSA) is 81.9 Å². The van der Waals surface area contributed by atoms with Crippen LogP contribution in [-0.2, 0) is 5.41 Å². The van der Waals surface area contributed by atoms with E-state index in [-0.39, 0.29) is 17.3 Å². The Labute approximate surface area is 166 Å². The summed E-state index contributed by atoms with van der Waals surface area (Å²) in [6.45, 7) is 4.14. The largest absolute Gasteiger partial charge is 0.496 e. The number of amides is 1. The first-order valence-corrected chi connectivity index (χ1v) is 8.85. The lowest BCUT2D eigenvalue weighted by atomic mass is 9.84. The quantitative estimate of drug-likeness (QED) is 0.683. The summed E-state index contributed by atoms with van der Waals surface area (Å²) in [7, 11) is 1.46. The van der Waals surface area contributed by atoms with Crippen LogP contribution >= 0.6 is 11.6 Å². The Morgan fingerprint density at radius 1 is 1.32 bits per heavy atom. The van der Waals surface area contributed by atoms with Crippen LogP contribution in [0.3, 0.4) is 0 Å². The number of ether oxygens (including phenoxy) is 1. The number of aromatic nitrogens is 4. The fourth-order valence-corrected chi connectivity index (χ4v) is 2.99. The molecule has 3 rings (SSSR count). The van der Waals surface area contributed by atoms with Gasteiger partial charge in [-0.2, -0.15) is 4.68 Å². The fourth-order valence-electron chi connectivity index (χ4n) is 2.74. The molecule has 146 valence electrons. The predicted octanol–water partition coefficient (Wildman–Crippen LogP) is 3.17. The SMILES string of the molecule is COc1cc(-n2cnnn2)c(Cl)cc1C(=O)NCC(C)(C)c1cccc(F)c1. The molecule has 3 aromatic rings. The number of halogens is 2. The smallest absolute Gasteiger partial charge is 0.255 e. The summed E-state index contributed by atoms with van der Waals surface area (Å²) in [6, 6.07) is 9.41. The number of carbonyl (C=O) groups excluding carboxylic acids is 1. The van der Waals surface area contributed by atoms with Crippen LogP contribution in [-0.4, -0.2) is 39.8 Å². The summed E-state index contributed by atoms with van der Waals surface area (Å²) in [6.07, 6.45) is 1.39. The number of rotatable bonds is 6. The minimum atomic E-state index is -0.471. The highest BCUT2D eigenvalue weighted by Gasteiger charge is 2.24. The van der Waals surface area contributed by atoms with Crippen molar-refractivity contribution in [3.63, 3.8) is 0 Å². The maximum absolute atomic E-state index is 13.5. The Bertz CT molecular complexity index is 992. The number of hydrogen-bond acceptors (Lipinski definition) is 5. The van der Waals surface area contributed by atoms with Gasteiger partial charge in [0.2, 0.25) is 0 Å². The van der Waals surface area contributed by atoms with Crippen LogP contribution < -0.4 is 10.1 Å². The van der Waals surface area contributed by atoms with Crippen molar-refractivity contribution in [1.82, 2.24) is 25.5 Å². The van der Waals surface area contributed by atoms with Crippen molar-refractivity contribution in [3.05, 3.63) is 64.7 Å². The molecule has 0 saturated heterocycles. The number of nitrogens with zero attached hydrogens (tertiary/aromatic N) is 4. The molecule has 0 saturated carbocycles. The van der Waals surface area contributed by atoms with Gasteiger partial charge in [-0.15, -0.1) is 5.10 Å². The third-order valence-corrected chi connectivity index (χ3v) is 4.71. The Morgan fingerprint density at radius 3 is 2.75 bits per heavy atom. The molecule has 7 nitrogen and oxygen atoms in total. The van der Waals surface area contributed by atoms with E-state index in [1.54, 1.807) is 12.1 Å². The van der Waals surface area contributed by atoms with E-state index in [9.17, 15) is 9.18 Å². The van der Waals surface area contributed by atoms with Crippen molar-refractivity contribution in [2.45, 2.75) is 19.3 Å². The second kappa shape index (κ2) is 7.93. The van der Waals surface area contributed by atoms with Gasteiger partial charge in [0.05, 0.1) is 23.4 Å². The maximum Gasteiger partial charge on any atom is 0.255 e. The predicted molar refractivity (Wildman–Crippen MR) is 102 cm³/mol. The molecule has 9 heteroatoms. The van der Waals surface area contributed by atoms with Gasteiger partial charge >= 0.3 is 0 Å². The molecule has 0 bridgehead atoms. The Kier molecular flexibility index (Phi) is 5.60. The van der Waals surface area contributed by atoms with E-state index >= 15 is 0 Å². The van der Waals surface area contributed by atoms with E-state index in [1.165, 1.54) is 36.3 Å². The number of tetrazole rings is 1. The fraction of sp³-hybridized carbons (Fsp3) is 0.263. The zero-order valence-corrected chi connectivity index (χ0v) is 16.4. The zero-order chi connectivity index (χ0) is 20.3. The molecule has 0 fully saturated rings. The summed E-state index contributed by atoms with van der Waals surface area (Å²) in [5, 5.41) is 14.1. The number of carbonyl (C=O) groups is 1. The Morgan fingerprint density at radius 2 is 2.11 bits per heavy atom. The van der Waals surface area contributed by atoms with Gasteiger partial charge in [0, 0.05) is 18.0 Å². The second-order valence-corrected chi connectivity index (χ2v) is 7.24. The molecule has 0 atom stereocenters. The normalized spacial score (nSPS) is 11.3. The summed E-state index contributed by atoms with van der Waals surface area (Å²) < 4.78 is 20.2. The maximum atomic E-state index is 13.5. The summed E-state index contributed by atoms with van der Waals surface area (Å²) in [5.41, 5.74) is 1.08. The highest BCUT2D eigenvalue weighted by Crippen LogP contribution is 2.30. The number of benzene rings is 2. The van der Waals surface area contributed by atoms with Crippen molar-refractivity contribution in [2.75, 3.05) is 13.7 Å². The molecule has 0 aliphatic rings. The molecular weight excluding hydrogens is 385 g/mol. The van der Waals surface area contributed by atoms with Crippen LogP contribution in [0.15, 0.2) is 42.7 Å². The van der Waals surface area contributed by atoms with Gasteiger partial charge in [0.15, 0.2) is 0 Å². The lowest BCUT2D eigenvalue weighted by Gasteiger charge is -2.26. The van der Waals surface area contributed by atoms with Crippen molar-refractivity contribution in [3.8, 4) is 11.4 Å². The van der Waals surface area contributed by atoms with E-state index in [4.69, 9.17) is 16.3 Å². The van der Waals surface area contributed by atoms with Gasteiger partial charge < -0.3 is 10.1 Å². The average Bonchev–Trinajstić information content (AvgIpc) is 3.20. The molecule has 0 aliphatic carbocycles. The van der Waals surface area contributed by atoms with Crippen molar-refractivity contribution in [2.24, 2.45) is 0 Å².